The van der Waals surface area contributed by atoms with Gasteiger partial charge in [-0.15, -0.1) is 11.6 Å². The van der Waals surface area contributed by atoms with Crippen LogP contribution >= 0.6 is 11.6 Å². The molecule has 0 radical (unpaired) electrons. The van der Waals surface area contributed by atoms with Crippen molar-refractivity contribution in [3.05, 3.63) is 23.8 Å². The molecule has 0 fully saturated rings. The first-order chi connectivity index (χ1) is 9.94. The number of alkyl halides is 1. The van der Waals surface area contributed by atoms with E-state index in [-0.39, 0.29) is 23.4 Å². The second kappa shape index (κ2) is 8.58. The first kappa shape index (κ1) is 18.2. The van der Waals surface area contributed by atoms with Crippen molar-refractivity contribution in [2.75, 3.05) is 20.3 Å². The summed E-state index contributed by atoms with van der Waals surface area (Å²) in [6.45, 7) is 4.57. The third-order valence-electron chi connectivity index (χ3n) is 2.91. The molecule has 0 aliphatic carbocycles. The van der Waals surface area contributed by atoms with Crippen LogP contribution in [0, 0.1) is 0 Å². The highest BCUT2D eigenvalue weighted by atomic mass is 35.5. The minimum absolute atomic E-state index is 0.172. The Morgan fingerprint density at radius 3 is 2.67 bits per heavy atom. The molecule has 0 aromatic heterocycles. The zero-order valence-corrected chi connectivity index (χ0v) is 14.1. The molecule has 1 rings (SSSR count). The number of rotatable bonds is 9. The normalized spacial score (nSPS) is 13.1. The van der Waals surface area contributed by atoms with Gasteiger partial charge < -0.3 is 9.47 Å². The van der Waals surface area contributed by atoms with E-state index in [0.717, 1.165) is 6.42 Å². The topological polar surface area (TPSA) is 64.6 Å². The molecule has 1 aromatic rings. The summed E-state index contributed by atoms with van der Waals surface area (Å²) in [6, 6.07) is 4.69. The molecule has 21 heavy (non-hydrogen) atoms. The van der Waals surface area contributed by atoms with Gasteiger partial charge in [-0.2, -0.15) is 0 Å². The number of halogens is 1. The van der Waals surface area contributed by atoms with Crippen LogP contribution in [0.1, 0.15) is 25.8 Å². The maximum Gasteiger partial charge on any atom is 0.240 e. The van der Waals surface area contributed by atoms with Crippen LogP contribution in [0.4, 0.5) is 0 Å². The van der Waals surface area contributed by atoms with Crippen molar-refractivity contribution < 1.29 is 17.9 Å². The molecule has 0 amide bonds. The highest BCUT2D eigenvalue weighted by Crippen LogP contribution is 2.24. The third kappa shape index (κ3) is 5.47. The minimum atomic E-state index is -3.58. The number of ether oxygens (including phenoxy) is 2. The lowest BCUT2D eigenvalue weighted by molar-refractivity contribution is 0.122. The molecule has 1 aromatic carbocycles. The van der Waals surface area contributed by atoms with Crippen LogP contribution in [0.5, 0.6) is 5.75 Å². The Kier molecular flexibility index (Phi) is 7.45. The van der Waals surface area contributed by atoms with E-state index in [2.05, 4.69) is 4.72 Å². The van der Waals surface area contributed by atoms with Gasteiger partial charge in [0.05, 0.1) is 23.5 Å². The number of nitrogens with one attached hydrogen (secondary N) is 1. The highest BCUT2D eigenvalue weighted by Gasteiger charge is 2.17. The molecule has 0 aliphatic rings. The van der Waals surface area contributed by atoms with Gasteiger partial charge in [0.1, 0.15) is 5.75 Å². The van der Waals surface area contributed by atoms with E-state index in [1.165, 1.54) is 19.2 Å². The van der Waals surface area contributed by atoms with Crippen molar-refractivity contribution in [1.82, 2.24) is 4.72 Å². The fourth-order valence-electron chi connectivity index (χ4n) is 1.57. The van der Waals surface area contributed by atoms with E-state index < -0.39 is 10.0 Å². The zero-order chi connectivity index (χ0) is 15.9. The molecular weight excluding hydrogens is 314 g/mol. The minimum Gasteiger partial charge on any atom is -0.493 e. The first-order valence-electron chi connectivity index (χ1n) is 6.78. The fourth-order valence-corrected chi connectivity index (χ4v) is 2.95. The van der Waals surface area contributed by atoms with Gasteiger partial charge >= 0.3 is 0 Å². The van der Waals surface area contributed by atoms with Crippen molar-refractivity contribution in [3.63, 3.8) is 0 Å². The number of hydrogen-bond acceptors (Lipinski definition) is 4. The van der Waals surface area contributed by atoms with Crippen LogP contribution in [0.3, 0.4) is 0 Å². The summed E-state index contributed by atoms with van der Waals surface area (Å²) >= 11 is 5.87. The molecule has 0 spiro atoms. The molecule has 0 bridgehead atoms. The van der Waals surface area contributed by atoms with E-state index in [1.54, 1.807) is 13.0 Å². The zero-order valence-electron chi connectivity index (χ0n) is 12.6. The summed E-state index contributed by atoms with van der Waals surface area (Å²) in [7, 11) is -2.05. The average Bonchev–Trinajstić information content (AvgIpc) is 2.50. The quantitative estimate of drug-likeness (QED) is 0.704. The first-order valence-corrected chi connectivity index (χ1v) is 8.80. The highest BCUT2D eigenvalue weighted by molar-refractivity contribution is 7.89. The Morgan fingerprint density at radius 1 is 1.38 bits per heavy atom. The van der Waals surface area contributed by atoms with Gasteiger partial charge in [-0.1, -0.05) is 6.92 Å². The Hall–Kier alpha value is -0.820. The number of benzene rings is 1. The van der Waals surface area contributed by atoms with Crippen molar-refractivity contribution >= 4 is 21.6 Å². The summed E-state index contributed by atoms with van der Waals surface area (Å²) in [5.74, 6) is 0.813. The molecule has 1 unspecified atom stereocenters. The maximum atomic E-state index is 12.2. The van der Waals surface area contributed by atoms with Gasteiger partial charge in [-0.3, -0.25) is 0 Å². The number of hydrogen-bond donors (Lipinski definition) is 1. The van der Waals surface area contributed by atoms with Crippen molar-refractivity contribution in [1.29, 1.82) is 0 Å². The van der Waals surface area contributed by atoms with E-state index in [4.69, 9.17) is 21.1 Å². The number of sulfonamides is 1. The van der Waals surface area contributed by atoms with Crippen molar-refractivity contribution in [2.24, 2.45) is 0 Å². The Bertz CT molecular complexity index is 548. The van der Waals surface area contributed by atoms with Crippen LogP contribution in [0.15, 0.2) is 23.1 Å². The van der Waals surface area contributed by atoms with E-state index in [9.17, 15) is 8.42 Å². The van der Waals surface area contributed by atoms with E-state index in [1.807, 2.05) is 6.92 Å². The molecule has 0 saturated carbocycles. The Balaban J connectivity index is 2.92. The maximum absolute atomic E-state index is 12.2. The largest absolute Gasteiger partial charge is 0.493 e. The fraction of sp³-hybridized carbons (Fsp3) is 0.571. The SMILES string of the molecule is CCCOc1ccc(S(=O)(=O)NCC(C)OC)cc1CCl. The van der Waals surface area contributed by atoms with Gasteiger partial charge in [0.15, 0.2) is 0 Å². The molecule has 0 aliphatic heterocycles. The van der Waals surface area contributed by atoms with Crippen LogP contribution in [-0.4, -0.2) is 34.8 Å². The van der Waals surface area contributed by atoms with Gasteiger partial charge in [0.2, 0.25) is 10.0 Å². The molecule has 0 heterocycles. The summed E-state index contributed by atoms with van der Waals surface area (Å²) < 4.78 is 37.5. The smallest absolute Gasteiger partial charge is 0.240 e. The van der Waals surface area contributed by atoms with Crippen molar-refractivity contribution in [3.8, 4) is 5.75 Å². The molecule has 0 saturated heterocycles. The molecule has 5 nitrogen and oxygen atoms in total. The lowest BCUT2D eigenvalue weighted by Crippen LogP contribution is -2.31. The molecule has 1 atom stereocenters. The van der Waals surface area contributed by atoms with Gasteiger partial charge in [-0.25, -0.2) is 13.1 Å². The van der Waals surface area contributed by atoms with Gasteiger partial charge in [0, 0.05) is 19.2 Å². The average molecular weight is 336 g/mol. The third-order valence-corrected chi connectivity index (χ3v) is 4.62. The summed E-state index contributed by atoms with van der Waals surface area (Å²) in [5.41, 5.74) is 0.660. The van der Waals surface area contributed by atoms with Crippen LogP contribution in [0.25, 0.3) is 0 Å². The van der Waals surface area contributed by atoms with Crippen molar-refractivity contribution in [2.45, 2.75) is 37.1 Å². The Morgan fingerprint density at radius 2 is 2.10 bits per heavy atom. The summed E-state index contributed by atoms with van der Waals surface area (Å²) in [5, 5.41) is 0. The molecule has 120 valence electrons. The van der Waals surface area contributed by atoms with E-state index >= 15 is 0 Å². The predicted octanol–water partition coefficient (Wildman–Crippen LogP) is 2.53. The Labute approximate surface area is 131 Å². The second-order valence-corrected chi connectivity index (χ2v) is 6.68. The monoisotopic (exact) mass is 335 g/mol. The van der Waals surface area contributed by atoms with Crippen LogP contribution in [0.2, 0.25) is 0 Å². The standard InChI is InChI=1S/C14H22ClNO4S/c1-4-7-20-14-6-5-13(8-12(14)9-15)21(17,18)16-10-11(2)19-3/h5-6,8,11,16H,4,7,9-10H2,1-3H3. The molecule has 1 N–H and O–H groups in total. The van der Waals surface area contributed by atoms with Crippen LogP contribution in [-0.2, 0) is 20.6 Å². The lowest BCUT2D eigenvalue weighted by atomic mass is 10.2. The van der Waals surface area contributed by atoms with Crippen LogP contribution < -0.4 is 9.46 Å². The predicted molar refractivity (Wildman–Crippen MR) is 83.4 cm³/mol. The van der Waals surface area contributed by atoms with E-state index in [0.29, 0.717) is 17.9 Å². The second-order valence-electron chi connectivity index (χ2n) is 4.65. The molecular formula is C14H22ClNO4S. The lowest BCUT2D eigenvalue weighted by Gasteiger charge is -2.14. The molecule has 7 heteroatoms. The van der Waals surface area contributed by atoms with Gasteiger partial charge in [-0.05, 0) is 31.5 Å². The number of methoxy groups -OCH3 is 1. The summed E-state index contributed by atoms with van der Waals surface area (Å²) in [6.07, 6.45) is 0.678. The summed E-state index contributed by atoms with van der Waals surface area (Å²) in [4.78, 5) is 0.172. The van der Waals surface area contributed by atoms with Gasteiger partial charge in [0.25, 0.3) is 0 Å².